The standard InChI is InChI=1S/C23H21NO3/c25-23(24-20-14-15-26-21-12-6-4-10-18(20)21)19-11-5-7-13-22(19)27-16-17-8-2-1-3-9-17/h1-13,20H,14-16H2,(H,24,25)/t20-/m1/s1. The molecule has 0 aliphatic carbocycles. The van der Waals surface area contributed by atoms with E-state index in [-0.39, 0.29) is 11.9 Å². The molecule has 3 aromatic carbocycles. The van der Waals surface area contributed by atoms with E-state index in [2.05, 4.69) is 5.32 Å². The van der Waals surface area contributed by atoms with Gasteiger partial charge in [-0.15, -0.1) is 0 Å². The minimum Gasteiger partial charge on any atom is -0.493 e. The Kier molecular flexibility index (Phi) is 5.06. The number of para-hydroxylation sites is 2. The largest absolute Gasteiger partial charge is 0.493 e. The summed E-state index contributed by atoms with van der Waals surface area (Å²) < 4.78 is 11.6. The molecule has 0 bridgehead atoms. The molecule has 0 saturated heterocycles. The second kappa shape index (κ2) is 7.96. The first-order valence-electron chi connectivity index (χ1n) is 9.09. The summed E-state index contributed by atoms with van der Waals surface area (Å²) in [5, 5.41) is 3.13. The van der Waals surface area contributed by atoms with Gasteiger partial charge in [0.25, 0.3) is 5.91 Å². The molecular weight excluding hydrogens is 338 g/mol. The monoisotopic (exact) mass is 359 g/mol. The number of rotatable bonds is 5. The molecule has 27 heavy (non-hydrogen) atoms. The number of amides is 1. The van der Waals surface area contributed by atoms with Crippen LogP contribution < -0.4 is 14.8 Å². The van der Waals surface area contributed by atoms with Crippen LogP contribution in [-0.2, 0) is 6.61 Å². The topological polar surface area (TPSA) is 47.6 Å². The molecule has 4 rings (SSSR count). The quantitative estimate of drug-likeness (QED) is 0.729. The fraction of sp³-hybridized carbons (Fsp3) is 0.174. The second-order valence-electron chi connectivity index (χ2n) is 6.47. The molecule has 1 aliphatic heterocycles. The van der Waals surface area contributed by atoms with Gasteiger partial charge in [0.2, 0.25) is 0 Å². The van der Waals surface area contributed by atoms with Gasteiger partial charge in [-0.2, -0.15) is 0 Å². The molecule has 1 N–H and O–H groups in total. The van der Waals surface area contributed by atoms with Crippen LogP contribution >= 0.6 is 0 Å². The van der Waals surface area contributed by atoms with Gasteiger partial charge in [-0.05, 0) is 23.8 Å². The van der Waals surface area contributed by atoms with Gasteiger partial charge in [0.1, 0.15) is 18.1 Å². The van der Waals surface area contributed by atoms with Crippen molar-refractivity contribution in [2.75, 3.05) is 6.61 Å². The van der Waals surface area contributed by atoms with Crippen molar-refractivity contribution in [1.29, 1.82) is 0 Å². The molecule has 0 aromatic heterocycles. The Morgan fingerprint density at radius 1 is 0.963 bits per heavy atom. The van der Waals surface area contributed by atoms with E-state index in [1.807, 2.05) is 72.8 Å². The summed E-state index contributed by atoms with van der Waals surface area (Å²) in [6.07, 6.45) is 0.746. The lowest BCUT2D eigenvalue weighted by atomic mass is 10.00. The lowest BCUT2D eigenvalue weighted by molar-refractivity contribution is 0.0920. The first-order chi connectivity index (χ1) is 13.3. The van der Waals surface area contributed by atoms with Crippen LogP contribution in [0.5, 0.6) is 11.5 Å². The van der Waals surface area contributed by atoms with Gasteiger partial charge in [-0.25, -0.2) is 0 Å². The first-order valence-corrected chi connectivity index (χ1v) is 9.09. The van der Waals surface area contributed by atoms with Crippen LogP contribution in [0.15, 0.2) is 78.9 Å². The normalized spacial score (nSPS) is 15.3. The van der Waals surface area contributed by atoms with Crippen LogP contribution in [0, 0.1) is 0 Å². The summed E-state index contributed by atoms with van der Waals surface area (Å²) in [4.78, 5) is 12.9. The number of benzene rings is 3. The van der Waals surface area contributed by atoms with Gasteiger partial charge in [-0.3, -0.25) is 4.79 Å². The number of nitrogens with one attached hydrogen (secondary N) is 1. The van der Waals surface area contributed by atoms with E-state index in [0.717, 1.165) is 23.3 Å². The van der Waals surface area contributed by atoms with Crippen molar-refractivity contribution in [3.63, 3.8) is 0 Å². The molecule has 0 saturated carbocycles. The zero-order valence-electron chi connectivity index (χ0n) is 14.9. The maximum Gasteiger partial charge on any atom is 0.255 e. The molecule has 1 heterocycles. The van der Waals surface area contributed by atoms with Crippen molar-refractivity contribution in [3.05, 3.63) is 95.6 Å². The van der Waals surface area contributed by atoms with Crippen LogP contribution in [0.4, 0.5) is 0 Å². The van der Waals surface area contributed by atoms with Crippen molar-refractivity contribution in [2.24, 2.45) is 0 Å². The highest BCUT2D eigenvalue weighted by molar-refractivity contribution is 5.97. The van der Waals surface area contributed by atoms with Gasteiger partial charge < -0.3 is 14.8 Å². The summed E-state index contributed by atoms with van der Waals surface area (Å²) in [6, 6.07) is 25.0. The summed E-state index contributed by atoms with van der Waals surface area (Å²) in [5.41, 5.74) is 2.61. The van der Waals surface area contributed by atoms with E-state index in [4.69, 9.17) is 9.47 Å². The summed E-state index contributed by atoms with van der Waals surface area (Å²) in [6.45, 7) is 1.01. The smallest absolute Gasteiger partial charge is 0.255 e. The molecule has 0 unspecified atom stereocenters. The number of carbonyl (C=O) groups is 1. The van der Waals surface area contributed by atoms with Crippen molar-refractivity contribution >= 4 is 5.91 Å². The molecule has 136 valence electrons. The Labute approximate surface area is 158 Å². The van der Waals surface area contributed by atoms with Crippen LogP contribution in [0.3, 0.4) is 0 Å². The number of carbonyl (C=O) groups excluding carboxylic acids is 1. The molecule has 1 aliphatic rings. The maximum atomic E-state index is 12.9. The molecular formula is C23H21NO3. The number of ether oxygens (including phenoxy) is 2. The zero-order valence-corrected chi connectivity index (χ0v) is 14.9. The van der Waals surface area contributed by atoms with Gasteiger partial charge in [0.15, 0.2) is 0 Å². The molecule has 1 atom stereocenters. The van der Waals surface area contributed by atoms with Gasteiger partial charge in [0.05, 0.1) is 18.2 Å². The second-order valence-corrected chi connectivity index (χ2v) is 6.47. The highest BCUT2D eigenvalue weighted by Gasteiger charge is 2.24. The minimum absolute atomic E-state index is 0.0652. The first kappa shape index (κ1) is 17.2. The number of hydrogen-bond acceptors (Lipinski definition) is 3. The Bertz CT molecular complexity index is 924. The predicted molar refractivity (Wildman–Crippen MR) is 104 cm³/mol. The zero-order chi connectivity index (χ0) is 18.5. The Morgan fingerprint density at radius 3 is 2.59 bits per heavy atom. The molecule has 0 fully saturated rings. The average Bonchev–Trinajstić information content (AvgIpc) is 2.73. The minimum atomic E-state index is -0.139. The Hall–Kier alpha value is -3.27. The molecule has 3 aromatic rings. The Morgan fingerprint density at radius 2 is 1.70 bits per heavy atom. The summed E-state index contributed by atoms with van der Waals surface area (Å²) in [7, 11) is 0. The number of hydrogen-bond donors (Lipinski definition) is 1. The summed E-state index contributed by atoms with van der Waals surface area (Å²) >= 11 is 0. The van der Waals surface area contributed by atoms with Crippen molar-refractivity contribution in [1.82, 2.24) is 5.32 Å². The van der Waals surface area contributed by atoms with Gasteiger partial charge in [-0.1, -0.05) is 60.7 Å². The third kappa shape index (κ3) is 3.95. The predicted octanol–water partition coefficient (Wildman–Crippen LogP) is 4.52. The van der Waals surface area contributed by atoms with Crippen molar-refractivity contribution < 1.29 is 14.3 Å². The van der Waals surface area contributed by atoms with Crippen LogP contribution in [0.2, 0.25) is 0 Å². The maximum absolute atomic E-state index is 12.9. The highest BCUT2D eigenvalue weighted by Crippen LogP contribution is 2.32. The highest BCUT2D eigenvalue weighted by atomic mass is 16.5. The third-order valence-corrected chi connectivity index (χ3v) is 4.63. The average molecular weight is 359 g/mol. The van der Waals surface area contributed by atoms with Crippen LogP contribution in [-0.4, -0.2) is 12.5 Å². The SMILES string of the molecule is O=C(N[C@@H]1CCOc2ccccc21)c1ccccc1OCc1ccccc1. The van der Waals surface area contributed by atoms with E-state index in [1.165, 1.54) is 0 Å². The van der Waals surface area contributed by atoms with Crippen LogP contribution in [0.1, 0.15) is 33.9 Å². The fourth-order valence-electron chi connectivity index (χ4n) is 3.24. The van der Waals surface area contributed by atoms with Crippen LogP contribution in [0.25, 0.3) is 0 Å². The summed E-state index contributed by atoms with van der Waals surface area (Å²) in [5.74, 6) is 1.28. The van der Waals surface area contributed by atoms with E-state index in [1.54, 1.807) is 6.07 Å². The van der Waals surface area contributed by atoms with Crippen molar-refractivity contribution in [2.45, 2.75) is 19.1 Å². The van der Waals surface area contributed by atoms with Gasteiger partial charge >= 0.3 is 0 Å². The van der Waals surface area contributed by atoms with Gasteiger partial charge in [0, 0.05) is 12.0 Å². The molecule has 0 spiro atoms. The fourth-order valence-corrected chi connectivity index (χ4v) is 3.24. The van der Waals surface area contributed by atoms with E-state index < -0.39 is 0 Å². The Balaban J connectivity index is 1.50. The third-order valence-electron chi connectivity index (χ3n) is 4.63. The lowest BCUT2D eigenvalue weighted by Crippen LogP contribution is -2.32. The van der Waals surface area contributed by atoms with E-state index >= 15 is 0 Å². The van der Waals surface area contributed by atoms with E-state index in [9.17, 15) is 4.79 Å². The molecule has 4 nitrogen and oxygen atoms in total. The van der Waals surface area contributed by atoms with Crippen molar-refractivity contribution in [3.8, 4) is 11.5 Å². The lowest BCUT2D eigenvalue weighted by Gasteiger charge is -2.26. The number of fused-ring (bicyclic) bond motifs is 1. The molecule has 1 amide bonds. The molecule has 4 heteroatoms. The molecule has 0 radical (unpaired) electrons. The van der Waals surface area contributed by atoms with E-state index in [0.29, 0.717) is 24.5 Å².